The highest BCUT2D eigenvalue weighted by Gasteiger charge is 2.20. The molecule has 0 amide bonds. The summed E-state index contributed by atoms with van der Waals surface area (Å²) in [6.07, 6.45) is 2.73. The molecule has 2 rings (SSSR count). The topological polar surface area (TPSA) is 62.0 Å². The number of nitrogens with zero attached hydrogens (tertiary/aromatic N) is 2. The third-order valence-corrected chi connectivity index (χ3v) is 3.89. The van der Waals surface area contributed by atoms with Gasteiger partial charge < -0.3 is 19.8 Å². The van der Waals surface area contributed by atoms with Crippen LogP contribution in [0.3, 0.4) is 0 Å². The molecule has 0 aromatic carbocycles. The van der Waals surface area contributed by atoms with Gasteiger partial charge in [0.05, 0.1) is 25.5 Å². The summed E-state index contributed by atoms with van der Waals surface area (Å²) < 4.78 is 11.2. The molecule has 2 heterocycles. The summed E-state index contributed by atoms with van der Waals surface area (Å²) in [5.41, 5.74) is 0. The van der Waals surface area contributed by atoms with E-state index in [-0.39, 0.29) is 30.1 Å². The Kier molecular flexibility index (Phi) is 11.2. The molecule has 0 bridgehead atoms. The average molecular weight is 464 g/mol. The SMILES string of the molecule is CCNC(=NCC1CN(CC(C)C)CCO1)NCCc1ccco1.I. The van der Waals surface area contributed by atoms with Crippen molar-refractivity contribution in [1.82, 2.24) is 15.5 Å². The molecule has 0 spiro atoms. The Morgan fingerprint density at radius 3 is 2.92 bits per heavy atom. The quantitative estimate of drug-likeness (QED) is 0.352. The van der Waals surface area contributed by atoms with Crippen LogP contribution in [-0.4, -0.2) is 62.8 Å². The molecule has 1 aliphatic heterocycles. The zero-order chi connectivity index (χ0) is 17.2. The number of nitrogens with one attached hydrogen (secondary N) is 2. The van der Waals surface area contributed by atoms with Gasteiger partial charge in [-0.25, -0.2) is 0 Å². The molecule has 7 heteroatoms. The molecule has 1 aliphatic rings. The molecule has 0 radical (unpaired) electrons. The minimum atomic E-state index is 0. The number of aliphatic imine (C=N–C) groups is 1. The number of ether oxygens (including phenoxy) is 1. The van der Waals surface area contributed by atoms with Crippen molar-refractivity contribution in [2.75, 3.05) is 45.9 Å². The van der Waals surface area contributed by atoms with Crippen LogP contribution in [0.2, 0.25) is 0 Å². The first-order chi connectivity index (χ1) is 11.7. The number of halogens is 1. The van der Waals surface area contributed by atoms with Gasteiger partial charge >= 0.3 is 0 Å². The maximum atomic E-state index is 5.86. The van der Waals surface area contributed by atoms with Crippen molar-refractivity contribution in [3.63, 3.8) is 0 Å². The van der Waals surface area contributed by atoms with Crippen molar-refractivity contribution >= 4 is 29.9 Å². The van der Waals surface area contributed by atoms with Gasteiger partial charge in [-0.2, -0.15) is 0 Å². The number of guanidine groups is 1. The molecular weight excluding hydrogens is 431 g/mol. The summed E-state index contributed by atoms with van der Waals surface area (Å²) in [4.78, 5) is 7.16. The van der Waals surface area contributed by atoms with Crippen molar-refractivity contribution in [3.05, 3.63) is 24.2 Å². The first-order valence-corrected chi connectivity index (χ1v) is 9.06. The lowest BCUT2D eigenvalue weighted by molar-refractivity contribution is -0.0261. The molecule has 1 aromatic rings. The molecule has 1 atom stereocenters. The van der Waals surface area contributed by atoms with Gasteiger partial charge in [-0.05, 0) is 25.0 Å². The normalized spacial score (nSPS) is 18.9. The molecule has 1 aromatic heterocycles. The van der Waals surface area contributed by atoms with Gasteiger partial charge in [0.1, 0.15) is 5.76 Å². The van der Waals surface area contributed by atoms with Crippen LogP contribution >= 0.6 is 24.0 Å². The summed E-state index contributed by atoms with van der Waals surface area (Å²) in [6, 6.07) is 3.91. The van der Waals surface area contributed by atoms with E-state index in [2.05, 4.69) is 41.3 Å². The first kappa shape index (κ1) is 22.2. The van der Waals surface area contributed by atoms with Crippen molar-refractivity contribution in [2.24, 2.45) is 10.9 Å². The van der Waals surface area contributed by atoms with Gasteiger partial charge in [0, 0.05) is 39.1 Å². The Bertz CT molecular complexity index is 479. The zero-order valence-electron chi connectivity index (χ0n) is 15.7. The van der Waals surface area contributed by atoms with Crippen LogP contribution in [0.15, 0.2) is 27.8 Å². The smallest absolute Gasteiger partial charge is 0.191 e. The van der Waals surface area contributed by atoms with E-state index in [1.54, 1.807) is 6.26 Å². The Hall–Kier alpha value is -0.800. The van der Waals surface area contributed by atoms with Crippen LogP contribution in [-0.2, 0) is 11.2 Å². The monoisotopic (exact) mass is 464 g/mol. The van der Waals surface area contributed by atoms with Gasteiger partial charge in [-0.3, -0.25) is 9.89 Å². The number of hydrogen-bond donors (Lipinski definition) is 2. The maximum Gasteiger partial charge on any atom is 0.191 e. The summed E-state index contributed by atoms with van der Waals surface area (Å²) in [7, 11) is 0. The average Bonchev–Trinajstić information content (AvgIpc) is 3.06. The van der Waals surface area contributed by atoms with Gasteiger partial charge in [-0.15, -0.1) is 24.0 Å². The first-order valence-electron chi connectivity index (χ1n) is 9.06. The molecule has 1 fully saturated rings. The molecule has 144 valence electrons. The fourth-order valence-electron chi connectivity index (χ4n) is 2.87. The lowest BCUT2D eigenvalue weighted by Crippen LogP contribution is -2.46. The summed E-state index contributed by atoms with van der Waals surface area (Å²) >= 11 is 0. The maximum absolute atomic E-state index is 5.86. The Balaban J connectivity index is 0.00000312. The third-order valence-electron chi connectivity index (χ3n) is 3.89. The van der Waals surface area contributed by atoms with E-state index < -0.39 is 0 Å². The van der Waals surface area contributed by atoms with E-state index in [0.29, 0.717) is 12.5 Å². The molecule has 0 saturated carbocycles. The van der Waals surface area contributed by atoms with Gasteiger partial charge in [0.15, 0.2) is 5.96 Å². The second-order valence-electron chi connectivity index (χ2n) is 6.62. The third kappa shape index (κ3) is 8.91. The fourth-order valence-corrected chi connectivity index (χ4v) is 2.87. The predicted octanol–water partition coefficient (Wildman–Crippen LogP) is 2.35. The highest BCUT2D eigenvalue weighted by molar-refractivity contribution is 14.0. The van der Waals surface area contributed by atoms with E-state index in [1.807, 2.05) is 12.1 Å². The highest BCUT2D eigenvalue weighted by atomic mass is 127. The van der Waals surface area contributed by atoms with E-state index in [0.717, 1.165) is 57.5 Å². The van der Waals surface area contributed by atoms with Crippen LogP contribution in [0.4, 0.5) is 0 Å². The highest BCUT2D eigenvalue weighted by Crippen LogP contribution is 2.08. The molecule has 25 heavy (non-hydrogen) atoms. The molecule has 6 nitrogen and oxygen atoms in total. The van der Waals surface area contributed by atoms with Crippen LogP contribution in [0.5, 0.6) is 0 Å². The molecule has 1 unspecified atom stereocenters. The van der Waals surface area contributed by atoms with E-state index >= 15 is 0 Å². The van der Waals surface area contributed by atoms with Crippen LogP contribution in [0, 0.1) is 5.92 Å². The lowest BCUT2D eigenvalue weighted by atomic mass is 10.2. The second kappa shape index (κ2) is 12.5. The Morgan fingerprint density at radius 1 is 1.40 bits per heavy atom. The van der Waals surface area contributed by atoms with Crippen LogP contribution < -0.4 is 10.6 Å². The molecule has 1 saturated heterocycles. The van der Waals surface area contributed by atoms with Crippen molar-refractivity contribution in [2.45, 2.75) is 33.3 Å². The zero-order valence-corrected chi connectivity index (χ0v) is 18.0. The minimum absolute atomic E-state index is 0. The van der Waals surface area contributed by atoms with Crippen molar-refractivity contribution < 1.29 is 9.15 Å². The van der Waals surface area contributed by atoms with Crippen molar-refractivity contribution in [3.8, 4) is 0 Å². The van der Waals surface area contributed by atoms with Crippen LogP contribution in [0.25, 0.3) is 0 Å². The standard InChI is InChI=1S/C18H32N4O2.HI/c1-4-19-18(20-8-7-16-6-5-10-23-16)21-12-17-14-22(9-11-24-17)13-15(2)3;/h5-6,10,15,17H,4,7-9,11-14H2,1-3H3,(H2,19,20,21);1H. The van der Waals surface area contributed by atoms with Gasteiger partial charge in [0.25, 0.3) is 0 Å². The molecule has 0 aliphatic carbocycles. The van der Waals surface area contributed by atoms with Crippen LogP contribution in [0.1, 0.15) is 26.5 Å². The van der Waals surface area contributed by atoms with Crippen molar-refractivity contribution in [1.29, 1.82) is 0 Å². The fraction of sp³-hybridized carbons (Fsp3) is 0.722. The van der Waals surface area contributed by atoms with E-state index in [4.69, 9.17) is 9.15 Å². The summed E-state index contributed by atoms with van der Waals surface area (Å²) in [5, 5.41) is 6.64. The number of rotatable bonds is 8. The minimum Gasteiger partial charge on any atom is -0.469 e. The number of morpholine rings is 1. The predicted molar refractivity (Wildman–Crippen MR) is 113 cm³/mol. The van der Waals surface area contributed by atoms with E-state index in [1.165, 1.54) is 0 Å². The molecule has 2 N–H and O–H groups in total. The van der Waals surface area contributed by atoms with Gasteiger partial charge in [-0.1, -0.05) is 13.8 Å². The van der Waals surface area contributed by atoms with Gasteiger partial charge in [0.2, 0.25) is 0 Å². The number of hydrogen-bond acceptors (Lipinski definition) is 4. The Labute approximate surface area is 168 Å². The summed E-state index contributed by atoms with van der Waals surface area (Å²) in [6.45, 7) is 12.8. The molecular formula is C18H33IN4O2. The largest absolute Gasteiger partial charge is 0.469 e. The lowest BCUT2D eigenvalue weighted by Gasteiger charge is -2.33. The second-order valence-corrected chi connectivity index (χ2v) is 6.62. The summed E-state index contributed by atoms with van der Waals surface area (Å²) in [5.74, 6) is 2.51. The Morgan fingerprint density at radius 2 is 2.24 bits per heavy atom. The number of furan rings is 1. The van der Waals surface area contributed by atoms with E-state index in [9.17, 15) is 0 Å².